The predicted octanol–water partition coefficient (Wildman–Crippen LogP) is 22.2. The zero-order valence-electron chi connectivity index (χ0n) is 56.0. The zero-order valence-corrected chi connectivity index (χ0v) is 56.9. The number of ether oxygens (including phenoxy) is 2. The van der Waals surface area contributed by atoms with Gasteiger partial charge in [0.1, 0.15) is 19.8 Å². The number of hydrogen-bond donors (Lipinski definition) is 0. The molecule has 0 amide bonds. The first-order chi connectivity index (χ1) is 42.0. The highest BCUT2D eigenvalue weighted by Crippen LogP contribution is 2.38. The summed E-state index contributed by atoms with van der Waals surface area (Å²) in [6, 6.07) is 0. The van der Waals surface area contributed by atoms with Crippen molar-refractivity contribution in [3.8, 4) is 0 Å². The molecule has 0 saturated heterocycles. The van der Waals surface area contributed by atoms with Crippen molar-refractivity contribution in [3.63, 3.8) is 0 Å². The molecule has 0 aliphatic heterocycles. The highest BCUT2D eigenvalue weighted by molar-refractivity contribution is 7.45. The van der Waals surface area contributed by atoms with Gasteiger partial charge in [-0.05, 0) is 116 Å². The maximum Gasteiger partial charge on any atom is 0.306 e. The van der Waals surface area contributed by atoms with Crippen molar-refractivity contribution < 1.29 is 42.1 Å². The lowest BCUT2D eigenvalue weighted by Gasteiger charge is -2.28. The van der Waals surface area contributed by atoms with E-state index in [0.717, 1.165) is 109 Å². The van der Waals surface area contributed by atoms with Gasteiger partial charge in [-0.3, -0.25) is 14.2 Å². The number of hydrogen-bond acceptors (Lipinski definition) is 8. The summed E-state index contributed by atoms with van der Waals surface area (Å²) < 4.78 is 34.3. The fraction of sp³-hybridized carbons (Fsp3) is 0.684. The number of quaternary nitrogens is 1. The van der Waals surface area contributed by atoms with Crippen molar-refractivity contribution in [2.75, 3.05) is 47.5 Å². The van der Waals surface area contributed by atoms with E-state index in [-0.39, 0.29) is 32.0 Å². The molecule has 0 radical (unpaired) electrons. The van der Waals surface area contributed by atoms with E-state index >= 15 is 0 Å². The molecule has 0 rings (SSSR count). The number of rotatable bonds is 63. The van der Waals surface area contributed by atoms with Crippen LogP contribution in [0.25, 0.3) is 0 Å². The number of nitrogens with zero attached hydrogens (tertiary/aromatic N) is 1. The van der Waals surface area contributed by atoms with E-state index in [2.05, 4.69) is 148 Å². The molecule has 2 unspecified atom stereocenters. The van der Waals surface area contributed by atoms with E-state index in [0.29, 0.717) is 17.4 Å². The third kappa shape index (κ3) is 69.3. The Balaban J connectivity index is 4.11. The van der Waals surface area contributed by atoms with Crippen LogP contribution < -0.4 is 4.89 Å². The standard InChI is InChI=1S/C76H130NO8P/c1-6-8-10-12-14-16-18-20-22-24-26-28-30-32-34-35-36-37-38-39-40-41-43-45-47-49-51-53-55-57-59-61-63-65-67-69-76(79)85-74(73-84-86(80,81)83-71-70-77(3,4)5)72-82-75(78)68-66-64-62-60-58-56-54-52-50-48-46-44-42-33-31-29-27-25-23-21-19-17-15-13-11-9-7-2/h8,10,14,16,19-22,25-28,31-34,36-37,39-40,43,45,74H,6-7,9,11-13,15,17-18,23-24,29-30,35,38,41-42,44,46-73H2,1-5H3/b10-8-,16-14-,21-19-,22-20-,27-25-,28-26-,33-31-,34-32-,37-36-,40-39-,45-43-. The molecule has 0 aliphatic rings. The van der Waals surface area contributed by atoms with Crippen LogP contribution in [0.4, 0.5) is 0 Å². The second-order valence-electron chi connectivity index (χ2n) is 24.2. The quantitative estimate of drug-likeness (QED) is 0.0195. The van der Waals surface area contributed by atoms with Crippen LogP contribution >= 0.6 is 7.82 Å². The molecule has 0 aromatic carbocycles. The maximum absolute atomic E-state index is 12.9. The molecular weight excluding hydrogens is 1090 g/mol. The Morgan fingerprint density at radius 1 is 0.372 bits per heavy atom. The minimum absolute atomic E-state index is 0.0378. The van der Waals surface area contributed by atoms with E-state index in [1.54, 1.807) is 0 Å². The zero-order chi connectivity index (χ0) is 62.6. The van der Waals surface area contributed by atoms with Crippen molar-refractivity contribution in [2.45, 2.75) is 290 Å². The molecular formula is C76H130NO8P. The third-order valence-electron chi connectivity index (χ3n) is 14.7. The molecule has 0 spiro atoms. The highest BCUT2D eigenvalue weighted by atomic mass is 31.2. The van der Waals surface area contributed by atoms with Crippen LogP contribution in [-0.2, 0) is 32.7 Å². The first-order valence-corrected chi connectivity index (χ1v) is 36.4. The Labute approximate surface area is 530 Å². The van der Waals surface area contributed by atoms with Gasteiger partial charge in [0.25, 0.3) is 7.82 Å². The van der Waals surface area contributed by atoms with Crippen LogP contribution in [0.2, 0.25) is 0 Å². The summed E-state index contributed by atoms with van der Waals surface area (Å²) in [7, 11) is 1.15. The lowest BCUT2D eigenvalue weighted by Crippen LogP contribution is -2.37. The molecule has 0 aromatic rings. The minimum atomic E-state index is -4.65. The van der Waals surface area contributed by atoms with E-state index in [1.807, 2.05) is 21.1 Å². The van der Waals surface area contributed by atoms with Gasteiger partial charge in [-0.1, -0.05) is 289 Å². The van der Waals surface area contributed by atoms with Gasteiger partial charge in [0.05, 0.1) is 27.7 Å². The average Bonchev–Trinajstić information content (AvgIpc) is 3.56. The number of phosphoric ester groups is 1. The topological polar surface area (TPSA) is 111 Å². The number of phosphoric acid groups is 1. The van der Waals surface area contributed by atoms with Crippen molar-refractivity contribution in [2.24, 2.45) is 0 Å². The number of esters is 2. The second-order valence-corrected chi connectivity index (χ2v) is 25.6. The molecule has 492 valence electrons. The monoisotopic (exact) mass is 1220 g/mol. The number of carbonyl (C=O) groups excluding carboxylic acids is 2. The predicted molar refractivity (Wildman–Crippen MR) is 369 cm³/mol. The average molecular weight is 1220 g/mol. The number of unbranched alkanes of at least 4 members (excludes halogenated alkanes) is 27. The van der Waals surface area contributed by atoms with Gasteiger partial charge in [0, 0.05) is 12.8 Å². The van der Waals surface area contributed by atoms with Gasteiger partial charge in [-0.2, -0.15) is 0 Å². The van der Waals surface area contributed by atoms with Crippen molar-refractivity contribution in [3.05, 3.63) is 134 Å². The molecule has 0 N–H and O–H groups in total. The van der Waals surface area contributed by atoms with E-state index in [1.165, 1.54) is 141 Å². The molecule has 0 heterocycles. The van der Waals surface area contributed by atoms with Gasteiger partial charge in [-0.15, -0.1) is 0 Å². The van der Waals surface area contributed by atoms with Gasteiger partial charge in [-0.25, -0.2) is 0 Å². The summed E-state index contributed by atoms with van der Waals surface area (Å²) in [6.45, 7) is 4.12. The summed E-state index contributed by atoms with van der Waals surface area (Å²) in [5, 5.41) is 0. The molecule has 10 heteroatoms. The number of likely N-dealkylation sites (N-methyl/N-ethyl adjacent to an activating group) is 1. The first-order valence-electron chi connectivity index (χ1n) is 34.9. The van der Waals surface area contributed by atoms with Crippen molar-refractivity contribution >= 4 is 19.8 Å². The largest absolute Gasteiger partial charge is 0.756 e. The summed E-state index contributed by atoms with van der Waals surface area (Å²) in [6.07, 6.45) is 95.2. The van der Waals surface area contributed by atoms with Crippen LogP contribution in [0.15, 0.2) is 134 Å². The summed E-state index contributed by atoms with van der Waals surface area (Å²) >= 11 is 0. The summed E-state index contributed by atoms with van der Waals surface area (Å²) in [5.74, 6) is -0.842. The molecule has 0 aromatic heterocycles. The molecule has 2 atom stereocenters. The summed E-state index contributed by atoms with van der Waals surface area (Å²) in [5.41, 5.74) is 0. The Morgan fingerprint density at radius 3 is 0.988 bits per heavy atom. The van der Waals surface area contributed by atoms with Crippen LogP contribution in [-0.4, -0.2) is 70.0 Å². The van der Waals surface area contributed by atoms with Crippen molar-refractivity contribution in [1.82, 2.24) is 0 Å². The Hall–Kier alpha value is -3.85. The maximum atomic E-state index is 12.9. The van der Waals surface area contributed by atoms with Crippen LogP contribution in [0.5, 0.6) is 0 Å². The fourth-order valence-electron chi connectivity index (χ4n) is 9.33. The minimum Gasteiger partial charge on any atom is -0.756 e. The third-order valence-corrected chi connectivity index (χ3v) is 15.6. The molecule has 0 fully saturated rings. The van der Waals surface area contributed by atoms with Gasteiger partial charge in [0.2, 0.25) is 0 Å². The lowest BCUT2D eigenvalue weighted by atomic mass is 10.0. The lowest BCUT2D eigenvalue weighted by molar-refractivity contribution is -0.870. The molecule has 86 heavy (non-hydrogen) atoms. The number of allylic oxidation sites excluding steroid dienone is 22. The molecule has 0 aliphatic carbocycles. The summed E-state index contributed by atoms with van der Waals surface area (Å²) in [4.78, 5) is 38.1. The molecule has 0 saturated carbocycles. The van der Waals surface area contributed by atoms with E-state index < -0.39 is 26.5 Å². The van der Waals surface area contributed by atoms with Gasteiger partial charge < -0.3 is 27.9 Å². The highest BCUT2D eigenvalue weighted by Gasteiger charge is 2.22. The van der Waals surface area contributed by atoms with Crippen LogP contribution in [0.1, 0.15) is 284 Å². The van der Waals surface area contributed by atoms with Gasteiger partial charge in [0.15, 0.2) is 6.10 Å². The smallest absolute Gasteiger partial charge is 0.306 e. The Kier molecular flexibility index (Phi) is 62.7. The Morgan fingerprint density at radius 2 is 0.663 bits per heavy atom. The van der Waals surface area contributed by atoms with E-state index in [4.69, 9.17) is 18.5 Å². The molecule has 0 bridgehead atoms. The molecule has 9 nitrogen and oxygen atoms in total. The van der Waals surface area contributed by atoms with Gasteiger partial charge >= 0.3 is 11.9 Å². The first kappa shape index (κ1) is 82.1. The number of carbonyl (C=O) groups is 2. The fourth-order valence-corrected chi connectivity index (χ4v) is 10.1. The normalized spacial score (nSPS) is 14.0. The Bertz CT molecular complexity index is 1910. The van der Waals surface area contributed by atoms with E-state index in [9.17, 15) is 19.0 Å². The SMILES string of the molecule is CC/C=C\C/C=C\C/C=C\C/C=C\C/C=C\C/C=C\C/C=C\C/C=C\CCCCCCCCCCCCC(=O)OC(COC(=O)CCCCCCCCCCCCCC/C=C\C/C=C\C/C=C\CCCCCCC)COP(=O)([O-])OCC[N+](C)(C)C. The van der Waals surface area contributed by atoms with Crippen LogP contribution in [0.3, 0.4) is 0 Å². The van der Waals surface area contributed by atoms with Crippen LogP contribution in [0, 0.1) is 0 Å². The van der Waals surface area contributed by atoms with Crippen molar-refractivity contribution in [1.29, 1.82) is 0 Å². The second kappa shape index (κ2) is 65.6.